The van der Waals surface area contributed by atoms with E-state index in [1.165, 1.54) is 6.07 Å². The minimum atomic E-state index is -1.95. The Bertz CT molecular complexity index is 1280. The van der Waals surface area contributed by atoms with Crippen LogP contribution in [0.25, 0.3) is 10.8 Å². The number of aromatic nitrogens is 2. The Morgan fingerprint density at radius 1 is 1.21 bits per heavy atom. The molecule has 1 N–H and O–H groups in total. The van der Waals surface area contributed by atoms with Gasteiger partial charge in [0.2, 0.25) is 0 Å². The van der Waals surface area contributed by atoms with Crippen molar-refractivity contribution in [2.75, 3.05) is 13.1 Å². The van der Waals surface area contributed by atoms with Gasteiger partial charge in [0, 0.05) is 24.9 Å². The lowest BCUT2D eigenvalue weighted by atomic mass is 10.0. The number of benzene rings is 2. The highest BCUT2D eigenvalue weighted by Crippen LogP contribution is 2.38. The fourth-order valence-electron chi connectivity index (χ4n) is 4.12. The minimum absolute atomic E-state index is 0.0206. The molecule has 3 aromatic rings. The van der Waals surface area contributed by atoms with Gasteiger partial charge in [0.15, 0.2) is 8.32 Å². The molecular formula is C26H32FN3O3Si. The standard InChI is InChI=1S/C26H32FN3O3Si/c1-26(2,3)34(4,5)33-18-12-13-30(16-18)25(32)21-14-17(10-11-22(21)27)15-23-19-8-6-7-9-20(19)24(31)29-28-23/h6-11,14,18H,12-13,15-16H2,1-5H3,(H,29,31)/t18-/m0/s1. The molecule has 0 aliphatic carbocycles. The third-order valence-electron chi connectivity index (χ3n) is 7.11. The van der Waals surface area contributed by atoms with Gasteiger partial charge in [-0.05, 0) is 48.3 Å². The van der Waals surface area contributed by atoms with Crippen LogP contribution in [0.4, 0.5) is 4.39 Å². The highest BCUT2D eigenvalue weighted by molar-refractivity contribution is 6.74. The molecule has 2 heterocycles. The third kappa shape index (κ3) is 4.83. The Morgan fingerprint density at radius 3 is 2.62 bits per heavy atom. The average molecular weight is 482 g/mol. The number of fused-ring (bicyclic) bond motifs is 1. The second kappa shape index (κ2) is 9.07. The summed E-state index contributed by atoms with van der Waals surface area (Å²) >= 11 is 0. The lowest BCUT2D eigenvalue weighted by Gasteiger charge is -2.38. The third-order valence-corrected chi connectivity index (χ3v) is 11.6. The Balaban J connectivity index is 1.53. The van der Waals surface area contributed by atoms with E-state index in [0.717, 1.165) is 17.4 Å². The maximum Gasteiger partial charge on any atom is 0.272 e. The van der Waals surface area contributed by atoms with Crippen LogP contribution in [-0.4, -0.2) is 48.5 Å². The van der Waals surface area contributed by atoms with Crippen LogP contribution in [0, 0.1) is 5.82 Å². The number of hydrogen-bond donors (Lipinski definition) is 1. The van der Waals surface area contributed by atoms with Gasteiger partial charge < -0.3 is 9.33 Å². The molecule has 1 saturated heterocycles. The number of aromatic amines is 1. The second-order valence-corrected chi connectivity index (χ2v) is 15.3. The van der Waals surface area contributed by atoms with E-state index >= 15 is 0 Å². The zero-order chi connectivity index (χ0) is 24.7. The number of H-pyrrole nitrogens is 1. The first-order valence-electron chi connectivity index (χ1n) is 11.7. The van der Waals surface area contributed by atoms with Gasteiger partial charge >= 0.3 is 0 Å². The van der Waals surface area contributed by atoms with Gasteiger partial charge in [-0.3, -0.25) is 9.59 Å². The largest absolute Gasteiger partial charge is 0.412 e. The number of nitrogens with one attached hydrogen (secondary N) is 1. The van der Waals surface area contributed by atoms with Gasteiger partial charge in [-0.1, -0.05) is 45.0 Å². The second-order valence-electron chi connectivity index (χ2n) is 10.6. The first-order valence-corrected chi connectivity index (χ1v) is 14.6. The summed E-state index contributed by atoms with van der Waals surface area (Å²) in [6, 6.07) is 11.8. The van der Waals surface area contributed by atoms with Gasteiger partial charge in [-0.25, -0.2) is 9.49 Å². The Kier molecular flexibility index (Phi) is 6.48. The topological polar surface area (TPSA) is 75.3 Å². The van der Waals surface area contributed by atoms with Crippen LogP contribution < -0.4 is 5.56 Å². The minimum Gasteiger partial charge on any atom is -0.412 e. The number of amides is 1. The zero-order valence-electron chi connectivity index (χ0n) is 20.4. The van der Waals surface area contributed by atoms with Crippen LogP contribution in [0.3, 0.4) is 0 Å². The van der Waals surface area contributed by atoms with Gasteiger partial charge in [0.1, 0.15) is 5.82 Å². The van der Waals surface area contributed by atoms with Crippen LogP contribution in [0.5, 0.6) is 0 Å². The van der Waals surface area contributed by atoms with Gasteiger partial charge in [-0.15, -0.1) is 0 Å². The molecule has 1 aliphatic heterocycles. The van der Waals surface area contributed by atoms with Crippen molar-refractivity contribution >= 4 is 25.0 Å². The number of nitrogens with zero attached hydrogens (tertiary/aromatic N) is 2. The predicted molar refractivity (Wildman–Crippen MR) is 134 cm³/mol. The Morgan fingerprint density at radius 2 is 1.91 bits per heavy atom. The van der Waals surface area contributed by atoms with Crippen LogP contribution in [0.2, 0.25) is 18.1 Å². The first-order chi connectivity index (χ1) is 16.0. The maximum atomic E-state index is 14.7. The molecule has 0 spiro atoms. The number of carbonyl (C=O) groups excluding carboxylic acids is 1. The molecule has 1 aromatic heterocycles. The van der Waals surface area contributed by atoms with E-state index in [-0.39, 0.29) is 28.2 Å². The maximum absolute atomic E-state index is 14.7. The van der Waals surface area contributed by atoms with Crippen molar-refractivity contribution in [2.24, 2.45) is 0 Å². The van der Waals surface area contributed by atoms with E-state index in [4.69, 9.17) is 4.43 Å². The summed E-state index contributed by atoms with van der Waals surface area (Å²) < 4.78 is 21.2. The van der Waals surface area contributed by atoms with E-state index < -0.39 is 14.1 Å². The summed E-state index contributed by atoms with van der Waals surface area (Å²) in [7, 11) is -1.95. The van der Waals surface area contributed by atoms with Crippen molar-refractivity contribution in [3.63, 3.8) is 0 Å². The predicted octanol–water partition coefficient (Wildman–Crippen LogP) is 4.89. The molecule has 180 valence electrons. The van der Waals surface area contributed by atoms with Gasteiger partial charge in [-0.2, -0.15) is 5.10 Å². The molecule has 2 aromatic carbocycles. The SMILES string of the molecule is CC(C)(C)[Si](C)(C)O[C@H]1CCN(C(=O)c2cc(Cc3n[nH]c(=O)c4ccccc34)ccc2F)C1. The van der Waals surface area contributed by atoms with E-state index in [1.54, 1.807) is 29.2 Å². The molecule has 0 radical (unpaired) electrons. The molecule has 6 nitrogen and oxygen atoms in total. The van der Waals surface area contributed by atoms with Crippen molar-refractivity contribution in [1.82, 2.24) is 15.1 Å². The molecule has 1 atom stereocenters. The van der Waals surface area contributed by atoms with Crippen molar-refractivity contribution in [1.29, 1.82) is 0 Å². The van der Waals surface area contributed by atoms with E-state index in [9.17, 15) is 14.0 Å². The van der Waals surface area contributed by atoms with Crippen LogP contribution in [0.1, 0.15) is 48.8 Å². The summed E-state index contributed by atoms with van der Waals surface area (Å²) in [5.41, 5.74) is 1.23. The number of likely N-dealkylation sites (tertiary alicyclic amines) is 1. The van der Waals surface area contributed by atoms with E-state index in [0.29, 0.717) is 30.6 Å². The molecule has 34 heavy (non-hydrogen) atoms. The van der Waals surface area contributed by atoms with Crippen LogP contribution in [0.15, 0.2) is 47.3 Å². The van der Waals surface area contributed by atoms with Gasteiger partial charge in [0.05, 0.1) is 22.7 Å². The fourth-order valence-corrected chi connectivity index (χ4v) is 5.50. The normalized spacial score (nSPS) is 16.9. The Hall–Kier alpha value is -2.84. The Labute approximate surface area is 200 Å². The van der Waals surface area contributed by atoms with Crippen molar-refractivity contribution in [2.45, 2.75) is 57.8 Å². The number of halogens is 1. The summed E-state index contributed by atoms with van der Waals surface area (Å²) in [5, 5.41) is 8.11. The average Bonchev–Trinajstić information content (AvgIpc) is 3.23. The van der Waals surface area contributed by atoms with Crippen molar-refractivity contribution in [3.8, 4) is 0 Å². The van der Waals surface area contributed by atoms with E-state index in [1.807, 2.05) is 12.1 Å². The molecular weight excluding hydrogens is 449 g/mol. The quantitative estimate of drug-likeness (QED) is 0.527. The van der Waals surface area contributed by atoms with Crippen molar-refractivity contribution < 1.29 is 13.6 Å². The number of hydrogen-bond acceptors (Lipinski definition) is 4. The number of carbonyl (C=O) groups is 1. The summed E-state index contributed by atoms with van der Waals surface area (Å²) in [6.45, 7) is 12.0. The molecule has 4 rings (SSSR count). The smallest absolute Gasteiger partial charge is 0.272 e. The lowest BCUT2D eigenvalue weighted by Crippen LogP contribution is -2.44. The molecule has 0 unspecified atom stereocenters. The van der Waals surface area contributed by atoms with E-state index in [2.05, 4.69) is 44.1 Å². The molecule has 1 amide bonds. The lowest BCUT2D eigenvalue weighted by molar-refractivity contribution is 0.0763. The van der Waals surface area contributed by atoms with Crippen LogP contribution in [-0.2, 0) is 10.8 Å². The number of rotatable bonds is 5. The molecule has 0 bridgehead atoms. The summed E-state index contributed by atoms with van der Waals surface area (Å²) in [6.07, 6.45) is 1.11. The fraction of sp³-hybridized carbons (Fsp3) is 0.423. The molecule has 1 aliphatic rings. The molecule has 0 saturated carbocycles. The summed E-state index contributed by atoms with van der Waals surface area (Å²) in [5.74, 6) is -0.859. The zero-order valence-corrected chi connectivity index (χ0v) is 21.4. The first kappa shape index (κ1) is 24.3. The van der Waals surface area contributed by atoms with Crippen LogP contribution >= 0.6 is 0 Å². The highest BCUT2D eigenvalue weighted by atomic mass is 28.4. The monoisotopic (exact) mass is 481 g/mol. The van der Waals surface area contributed by atoms with Gasteiger partial charge in [0.25, 0.3) is 11.5 Å². The van der Waals surface area contributed by atoms with Crippen molar-refractivity contribution in [3.05, 3.63) is 75.5 Å². The molecule has 8 heteroatoms. The molecule has 1 fully saturated rings. The highest BCUT2D eigenvalue weighted by Gasteiger charge is 2.41. The summed E-state index contributed by atoms with van der Waals surface area (Å²) in [4.78, 5) is 27.0.